The fraction of sp³-hybridized carbons (Fsp3) is 1.00. The van der Waals surface area contributed by atoms with Crippen molar-refractivity contribution in [2.75, 3.05) is 13.2 Å². The van der Waals surface area contributed by atoms with E-state index in [-0.39, 0.29) is 0 Å². The summed E-state index contributed by atoms with van der Waals surface area (Å²) in [5, 5.41) is 3.61. The van der Waals surface area contributed by atoms with Gasteiger partial charge in [-0.2, -0.15) is 0 Å². The minimum absolute atomic E-state index is 0.597. The molecule has 0 aliphatic heterocycles. The van der Waals surface area contributed by atoms with Crippen LogP contribution < -0.4 is 5.32 Å². The van der Waals surface area contributed by atoms with Gasteiger partial charge in [-0.1, -0.05) is 6.92 Å². The molecule has 2 aliphatic rings. The number of rotatable bonds is 7. The van der Waals surface area contributed by atoms with Gasteiger partial charge in [-0.25, -0.2) is 0 Å². The zero-order valence-electron chi connectivity index (χ0n) is 9.30. The number of ether oxygens (including phenoxy) is 1. The van der Waals surface area contributed by atoms with Crippen LogP contribution in [0.5, 0.6) is 0 Å². The normalized spacial score (nSPS) is 24.6. The van der Waals surface area contributed by atoms with Crippen molar-refractivity contribution >= 4 is 0 Å². The van der Waals surface area contributed by atoms with Crippen molar-refractivity contribution in [2.24, 2.45) is 5.92 Å². The molecule has 2 heteroatoms. The second-order valence-electron chi connectivity index (χ2n) is 4.78. The average Bonchev–Trinajstić information content (AvgIpc) is 2.91. The Hall–Kier alpha value is -0.0800. The van der Waals surface area contributed by atoms with Gasteiger partial charge in [0.05, 0.1) is 12.7 Å². The van der Waals surface area contributed by atoms with Gasteiger partial charge in [-0.15, -0.1) is 0 Å². The predicted molar refractivity (Wildman–Crippen MR) is 58.4 cm³/mol. The Morgan fingerprint density at radius 3 is 2.57 bits per heavy atom. The zero-order chi connectivity index (χ0) is 9.80. The summed E-state index contributed by atoms with van der Waals surface area (Å²) >= 11 is 0. The highest BCUT2D eigenvalue weighted by Crippen LogP contribution is 2.33. The third-order valence-corrected chi connectivity index (χ3v) is 3.41. The Morgan fingerprint density at radius 1 is 1.29 bits per heavy atom. The summed E-state index contributed by atoms with van der Waals surface area (Å²) in [6, 6.07) is 0.649. The van der Waals surface area contributed by atoms with Crippen LogP contribution in [-0.4, -0.2) is 25.3 Å². The quantitative estimate of drug-likeness (QED) is 0.676. The third-order valence-electron chi connectivity index (χ3n) is 3.41. The van der Waals surface area contributed by atoms with E-state index in [4.69, 9.17) is 4.74 Å². The van der Waals surface area contributed by atoms with Crippen molar-refractivity contribution in [1.82, 2.24) is 5.32 Å². The van der Waals surface area contributed by atoms with E-state index in [1.165, 1.54) is 38.5 Å². The van der Waals surface area contributed by atoms with Crippen LogP contribution in [0.4, 0.5) is 0 Å². The lowest BCUT2D eigenvalue weighted by Crippen LogP contribution is -2.38. The molecule has 0 heterocycles. The van der Waals surface area contributed by atoms with Crippen LogP contribution in [0.2, 0.25) is 0 Å². The fourth-order valence-electron chi connectivity index (χ4n) is 1.97. The largest absolute Gasteiger partial charge is 0.377 e. The van der Waals surface area contributed by atoms with Gasteiger partial charge in [-0.05, 0) is 51.0 Å². The monoisotopic (exact) mass is 197 g/mol. The Morgan fingerprint density at radius 2 is 2.07 bits per heavy atom. The summed E-state index contributed by atoms with van der Waals surface area (Å²) in [5.41, 5.74) is 0. The summed E-state index contributed by atoms with van der Waals surface area (Å²) in [6.45, 7) is 4.33. The van der Waals surface area contributed by atoms with Gasteiger partial charge >= 0.3 is 0 Å². The molecule has 0 saturated heterocycles. The highest BCUT2D eigenvalue weighted by molar-refractivity contribution is 4.86. The molecule has 0 aromatic heterocycles. The molecule has 2 saturated carbocycles. The number of hydrogen-bond donors (Lipinski definition) is 1. The molecule has 0 amide bonds. The SMILES string of the molecule is CCCNC(COC1CCC1)C1CC1. The van der Waals surface area contributed by atoms with Crippen molar-refractivity contribution in [3.05, 3.63) is 0 Å². The number of nitrogens with one attached hydrogen (secondary N) is 1. The fourth-order valence-corrected chi connectivity index (χ4v) is 1.97. The van der Waals surface area contributed by atoms with E-state index in [1.54, 1.807) is 0 Å². The molecule has 0 aromatic carbocycles. The highest BCUT2D eigenvalue weighted by atomic mass is 16.5. The second kappa shape index (κ2) is 5.13. The minimum Gasteiger partial charge on any atom is -0.377 e. The average molecular weight is 197 g/mol. The summed E-state index contributed by atoms with van der Waals surface area (Å²) in [7, 11) is 0. The first-order valence-corrected chi connectivity index (χ1v) is 6.25. The van der Waals surface area contributed by atoms with E-state index in [0.29, 0.717) is 12.1 Å². The molecule has 2 aliphatic carbocycles. The first kappa shape index (κ1) is 10.4. The van der Waals surface area contributed by atoms with Crippen LogP contribution in [0.1, 0.15) is 45.4 Å². The van der Waals surface area contributed by atoms with Crippen LogP contribution in [0.25, 0.3) is 0 Å². The third kappa shape index (κ3) is 2.96. The van der Waals surface area contributed by atoms with Crippen molar-refractivity contribution in [3.63, 3.8) is 0 Å². The molecule has 1 atom stereocenters. The summed E-state index contributed by atoms with van der Waals surface area (Å²) in [6.07, 6.45) is 8.62. The van der Waals surface area contributed by atoms with Crippen molar-refractivity contribution in [2.45, 2.75) is 57.6 Å². The lowest BCUT2D eigenvalue weighted by atomic mass is 9.96. The lowest BCUT2D eigenvalue weighted by Gasteiger charge is -2.28. The topological polar surface area (TPSA) is 21.3 Å². The van der Waals surface area contributed by atoms with Gasteiger partial charge in [0.2, 0.25) is 0 Å². The lowest BCUT2D eigenvalue weighted by molar-refractivity contribution is -0.0110. The van der Waals surface area contributed by atoms with Gasteiger partial charge in [0, 0.05) is 6.04 Å². The van der Waals surface area contributed by atoms with Crippen molar-refractivity contribution in [1.29, 1.82) is 0 Å². The molecule has 1 N–H and O–H groups in total. The van der Waals surface area contributed by atoms with E-state index in [0.717, 1.165) is 19.1 Å². The molecular weight excluding hydrogens is 174 g/mol. The summed E-state index contributed by atoms with van der Waals surface area (Å²) < 4.78 is 5.88. The van der Waals surface area contributed by atoms with Crippen LogP contribution in [0.15, 0.2) is 0 Å². The minimum atomic E-state index is 0.597. The standard InChI is InChI=1S/C12H23NO/c1-2-8-13-12(10-6-7-10)9-14-11-4-3-5-11/h10-13H,2-9H2,1H3. The predicted octanol–water partition coefficient (Wildman–Crippen LogP) is 2.33. The maximum Gasteiger partial charge on any atom is 0.0626 e. The molecule has 0 bridgehead atoms. The van der Waals surface area contributed by atoms with Gasteiger partial charge in [0.15, 0.2) is 0 Å². The second-order valence-corrected chi connectivity index (χ2v) is 4.78. The summed E-state index contributed by atoms with van der Waals surface area (Å²) in [4.78, 5) is 0. The molecule has 2 rings (SSSR count). The van der Waals surface area contributed by atoms with Crippen LogP contribution in [-0.2, 0) is 4.74 Å². The van der Waals surface area contributed by atoms with Crippen molar-refractivity contribution in [3.8, 4) is 0 Å². The maximum absolute atomic E-state index is 5.88. The maximum atomic E-state index is 5.88. The van der Waals surface area contributed by atoms with Crippen LogP contribution in [0, 0.1) is 5.92 Å². The summed E-state index contributed by atoms with van der Waals surface area (Å²) in [5.74, 6) is 0.918. The smallest absolute Gasteiger partial charge is 0.0626 e. The van der Waals surface area contributed by atoms with E-state index in [2.05, 4.69) is 12.2 Å². The van der Waals surface area contributed by atoms with Gasteiger partial charge in [-0.3, -0.25) is 0 Å². The first-order valence-electron chi connectivity index (χ1n) is 6.25. The van der Waals surface area contributed by atoms with Crippen LogP contribution in [0.3, 0.4) is 0 Å². The van der Waals surface area contributed by atoms with E-state index in [9.17, 15) is 0 Å². The molecule has 0 aromatic rings. The molecule has 1 unspecified atom stereocenters. The molecule has 0 radical (unpaired) electrons. The van der Waals surface area contributed by atoms with Crippen molar-refractivity contribution < 1.29 is 4.74 Å². The van der Waals surface area contributed by atoms with Crippen LogP contribution >= 0.6 is 0 Å². The Balaban J connectivity index is 1.61. The Bertz CT molecular complexity index is 164. The molecule has 2 fully saturated rings. The first-order chi connectivity index (χ1) is 6.90. The Kier molecular flexibility index (Phi) is 3.82. The molecule has 0 spiro atoms. The highest BCUT2D eigenvalue weighted by Gasteiger charge is 2.31. The Labute approximate surface area is 87.4 Å². The zero-order valence-corrected chi connectivity index (χ0v) is 9.30. The molecule has 82 valence electrons. The molecule has 2 nitrogen and oxygen atoms in total. The van der Waals surface area contributed by atoms with Gasteiger partial charge < -0.3 is 10.1 Å². The van der Waals surface area contributed by atoms with E-state index in [1.807, 2.05) is 0 Å². The number of hydrogen-bond acceptors (Lipinski definition) is 2. The van der Waals surface area contributed by atoms with E-state index >= 15 is 0 Å². The molecular formula is C12H23NO. The van der Waals surface area contributed by atoms with E-state index < -0.39 is 0 Å². The molecule has 14 heavy (non-hydrogen) atoms. The van der Waals surface area contributed by atoms with Gasteiger partial charge in [0.25, 0.3) is 0 Å². The van der Waals surface area contributed by atoms with Gasteiger partial charge in [0.1, 0.15) is 0 Å².